The Hall–Kier alpha value is -0.330. The van der Waals surface area contributed by atoms with Crippen LogP contribution in [0.1, 0.15) is 40.0 Å². The first kappa shape index (κ1) is 8.76. The van der Waals surface area contributed by atoms with E-state index in [4.69, 9.17) is 0 Å². The third-order valence-corrected chi connectivity index (χ3v) is 2.95. The predicted molar refractivity (Wildman–Crippen MR) is 46.4 cm³/mol. The van der Waals surface area contributed by atoms with E-state index >= 15 is 0 Å². The maximum atomic E-state index is 11.1. The summed E-state index contributed by atoms with van der Waals surface area (Å²) in [7, 11) is 0. The molecule has 0 aromatic carbocycles. The SMILES string of the molecule is CC(=O)C1CCC(C)CC1C. The van der Waals surface area contributed by atoms with E-state index in [1.807, 2.05) is 0 Å². The first-order chi connectivity index (χ1) is 5.11. The van der Waals surface area contributed by atoms with E-state index in [0.717, 1.165) is 12.3 Å². The van der Waals surface area contributed by atoms with Gasteiger partial charge in [0.1, 0.15) is 5.78 Å². The number of ketones is 1. The highest BCUT2D eigenvalue weighted by Gasteiger charge is 2.27. The smallest absolute Gasteiger partial charge is 0.133 e. The molecule has 1 fully saturated rings. The average Bonchev–Trinajstić information content (AvgIpc) is 1.85. The van der Waals surface area contributed by atoms with Crippen molar-refractivity contribution >= 4 is 5.78 Å². The van der Waals surface area contributed by atoms with Gasteiger partial charge in [0, 0.05) is 5.92 Å². The maximum Gasteiger partial charge on any atom is 0.133 e. The topological polar surface area (TPSA) is 17.1 Å². The summed E-state index contributed by atoms with van der Waals surface area (Å²) in [6.07, 6.45) is 3.61. The minimum Gasteiger partial charge on any atom is -0.300 e. The van der Waals surface area contributed by atoms with Crippen LogP contribution in [0.15, 0.2) is 0 Å². The highest BCUT2D eigenvalue weighted by Crippen LogP contribution is 2.33. The number of carbonyl (C=O) groups excluding carboxylic acids is 1. The molecule has 0 N–H and O–H groups in total. The van der Waals surface area contributed by atoms with Crippen LogP contribution in [0.25, 0.3) is 0 Å². The van der Waals surface area contributed by atoms with Crippen molar-refractivity contribution in [1.29, 1.82) is 0 Å². The molecule has 0 bridgehead atoms. The lowest BCUT2D eigenvalue weighted by atomic mass is 9.74. The standard InChI is InChI=1S/C10H18O/c1-7-4-5-10(9(3)11)8(2)6-7/h7-8,10H,4-6H2,1-3H3. The van der Waals surface area contributed by atoms with Crippen LogP contribution in [-0.2, 0) is 4.79 Å². The molecular weight excluding hydrogens is 136 g/mol. The van der Waals surface area contributed by atoms with Crippen molar-refractivity contribution in [2.75, 3.05) is 0 Å². The molecule has 1 aliphatic carbocycles. The highest BCUT2D eigenvalue weighted by atomic mass is 16.1. The second kappa shape index (κ2) is 3.38. The summed E-state index contributed by atoms with van der Waals surface area (Å²) in [4.78, 5) is 11.1. The minimum absolute atomic E-state index is 0.367. The van der Waals surface area contributed by atoms with Crippen LogP contribution in [0.4, 0.5) is 0 Å². The lowest BCUT2D eigenvalue weighted by Gasteiger charge is -2.30. The molecule has 0 aromatic rings. The number of hydrogen-bond acceptors (Lipinski definition) is 1. The van der Waals surface area contributed by atoms with E-state index in [1.165, 1.54) is 12.8 Å². The number of Topliss-reactive ketones (excluding diaryl/α,β-unsaturated/α-hetero) is 1. The monoisotopic (exact) mass is 154 g/mol. The molecule has 11 heavy (non-hydrogen) atoms. The van der Waals surface area contributed by atoms with E-state index < -0.39 is 0 Å². The first-order valence-electron chi connectivity index (χ1n) is 4.61. The normalized spacial score (nSPS) is 38.6. The summed E-state index contributed by atoms with van der Waals surface area (Å²) < 4.78 is 0. The van der Waals surface area contributed by atoms with Crippen LogP contribution >= 0.6 is 0 Å². The van der Waals surface area contributed by atoms with Crippen LogP contribution in [-0.4, -0.2) is 5.78 Å². The molecular formula is C10H18O. The largest absolute Gasteiger partial charge is 0.300 e. The van der Waals surface area contributed by atoms with Crippen LogP contribution < -0.4 is 0 Å². The summed E-state index contributed by atoms with van der Waals surface area (Å²) in [6.45, 7) is 6.23. The fraction of sp³-hybridized carbons (Fsp3) is 0.900. The third kappa shape index (κ3) is 2.05. The van der Waals surface area contributed by atoms with Crippen LogP contribution in [0.3, 0.4) is 0 Å². The van der Waals surface area contributed by atoms with Gasteiger partial charge in [-0.25, -0.2) is 0 Å². The van der Waals surface area contributed by atoms with Crippen molar-refractivity contribution in [3.8, 4) is 0 Å². The Morgan fingerprint density at radius 1 is 1.27 bits per heavy atom. The van der Waals surface area contributed by atoms with Gasteiger partial charge in [-0.15, -0.1) is 0 Å². The van der Waals surface area contributed by atoms with Crippen molar-refractivity contribution in [2.24, 2.45) is 17.8 Å². The molecule has 0 radical (unpaired) electrons. The summed E-state index contributed by atoms with van der Waals surface area (Å²) in [5, 5.41) is 0. The summed E-state index contributed by atoms with van der Waals surface area (Å²) in [5.74, 6) is 2.22. The van der Waals surface area contributed by atoms with Crippen molar-refractivity contribution in [3.05, 3.63) is 0 Å². The van der Waals surface area contributed by atoms with Gasteiger partial charge in [-0.1, -0.05) is 20.3 Å². The Kier molecular flexibility index (Phi) is 2.69. The fourth-order valence-electron chi connectivity index (χ4n) is 2.27. The molecule has 3 unspecified atom stereocenters. The number of rotatable bonds is 1. The van der Waals surface area contributed by atoms with E-state index in [1.54, 1.807) is 6.92 Å². The molecule has 0 saturated heterocycles. The summed E-state index contributed by atoms with van der Waals surface area (Å²) >= 11 is 0. The van der Waals surface area contributed by atoms with Crippen LogP contribution in [0.2, 0.25) is 0 Å². The van der Waals surface area contributed by atoms with E-state index in [2.05, 4.69) is 13.8 Å². The van der Waals surface area contributed by atoms with Gasteiger partial charge in [0.2, 0.25) is 0 Å². The van der Waals surface area contributed by atoms with Gasteiger partial charge in [-0.3, -0.25) is 4.79 Å². The summed E-state index contributed by atoms with van der Waals surface area (Å²) in [5.41, 5.74) is 0. The molecule has 0 heterocycles. The molecule has 0 aliphatic heterocycles. The molecule has 1 heteroatoms. The lowest BCUT2D eigenvalue weighted by molar-refractivity contribution is -0.123. The third-order valence-electron chi connectivity index (χ3n) is 2.95. The van der Waals surface area contributed by atoms with Crippen molar-refractivity contribution < 1.29 is 4.79 Å². The molecule has 1 rings (SSSR count). The van der Waals surface area contributed by atoms with Gasteiger partial charge < -0.3 is 0 Å². The second-order valence-corrected chi connectivity index (χ2v) is 4.11. The van der Waals surface area contributed by atoms with E-state index in [-0.39, 0.29) is 0 Å². The molecule has 1 aliphatic rings. The van der Waals surface area contributed by atoms with Crippen molar-refractivity contribution in [3.63, 3.8) is 0 Å². The zero-order valence-corrected chi connectivity index (χ0v) is 7.76. The molecule has 0 aromatic heterocycles. The van der Waals surface area contributed by atoms with Crippen LogP contribution in [0, 0.1) is 17.8 Å². The van der Waals surface area contributed by atoms with Gasteiger partial charge in [-0.2, -0.15) is 0 Å². The Morgan fingerprint density at radius 3 is 2.36 bits per heavy atom. The predicted octanol–water partition coefficient (Wildman–Crippen LogP) is 2.65. The first-order valence-corrected chi connectivity index (χ1v) is 4.61. The molecule has 1 nitrogen and oxygen atoms in total. The fourth-order valence-corrected chi connectivity index (χ4v) is 2.27. The number of carbonyl (C=O) groups is 1. The Morgan fingerprint density at radius 2 is 1.91 bits per heavy atom. The maximum absolute atomic E-state index is 11.1. The average molecular weight is 154 g/mol. The lowest BCUT2D eigenvalue weighted by Crippen LogP contribution is -2.26. The Bertz CT molecular complexity index is 151. The Balaban J connectivity index is 2.50. The van der Waals surface area contributed by atoms with Gasteiger partial charge in [0.15, 0.2) is 0 Å². The van der Waals surface area contributed by atoms with Crippen LogP contribution in [0.5, 0.6) is 0 Å². The van der Waals surface area contributed by atoms with E-state index in [9.17, 15) is 4.79 Å². The van der Waals surface area contributed by atoms with Gasteiger partial charge in [0.05, 0.1) is 0 Å². The van der Waals surface area contributed by atoms with Gasteiger partial charge in [0.25, 0.3) is 0 Å². The summed E-state index contributed by atoms with van der Waals surface area (Å²) in [6, 6.07) is 0. The van der Waals surface area contributed by atoms with Gasteiger partial charge >= 0.3 is 0 Å². The molecule has 64 valence electrons. The van der Waals surface area contributed by atoms with Crippen molar-refractivity contribution in [2.45, 2.75) is 40.0 Å². The number of hydrogen-bond donors (Lipinski definition) is 0. The van der Waals surface area contributed by atoms with E-state index in [0.29, 0.717) is 17.6 Å². The quantitative estimate of drug-likeness (QED) is 0.567. The zero-order chi connectivity index (χ0) is 8.43. The minimum atomic E-state index is 0.367. The molecule has 3 atom stereocenters. The second-order valence-electron chi connectivity index (χ2n) is 4.11. The van der Waals surface area contributed by atoms with Crippen molar-refractivity contribution in [1.82, 2.24) is 0 Å². The molecule has 0 spiro atoms. The molecule has 0 amide bonds. The molecule has 1 saturated carbocycles. The Labute approximate surface area is 69.2 Å². The zero-order valence-electron chi connectivity index (χ0n) is 7.76. The highest BCUT2D eigenvalue weighted by molar-refractivity contribution is 5.78. The van der Waals surface area contributed by atoms with Gasteiger partial charge in [-0.05, 0) is 31.6 Å².